The molecule has 0 fully saturated rings. The molecule has 0 amide bonds. The highest BCUT2D eigenvalue weighted by molar-refractivity contribution is 5.40. The molecule has 1 N–H and O–H groups in total. The number of fused-ring (bicyclic) bond motifs is 1. The molecule has 1 aromatic rings. The van der Waals surface area contributed by atoms with Gasteiger partial charge < -0.3 is 14.8 Å². The summed E-state index contributed by atoms with van der Waals surface area (Å²) in [6.45, 7) is 3.60. The molecule has 0 saturated heterocycles. The summed E-state index contributed by atoms with van der Waals surface area (Å²) in [4.78, 5) is 0. The molecule has 1 unspecified atom stereocenters. The Kier molecular flexibility index (Phi) is 4.40. The molecule has 1 atom stereocenters. The van der Waals surface area contributed by atoms with Gasteiger partial charge in [-0.25, -0.2) is 0 Å². The van der Waals surface area contributed by atoms with E-state index in [-0.39, 0.29) is 0 Å². The number of nitrogens with one attached hydrogen (secondary N) is 1. The van der Waals surface area contributed by atoms with Crippen LogP contribution in [-0.4, -0.2) is 20.4 Å². The van der Waals surface area contributed by atoms with Gasteiger partial charge in [-0.2, -0.15) is 0 Å². The van der Waals surface area contributed by atoms with Crippen molar-refractivity contribution in [2.24, 2.45) is 0 Å². The molecular formula is C14H21NO2. The first-order valence-corrected chi connectivity index (χ1v) is 6.33. The van der Waals surface area contributed by atoms with Gasteiger partial charge in [0.25, 0.3) is 0 Å². The summed E-state index contributed by atoms with van der Waals surface area (Å²) in [5.41, 5.74) is 2.84. The highest BCUT2D eigenvalue weighted by Gasteiger charge is 2.21. The molecule has 0 aromatic heterocycles. The van der Waals surface area contributed by atoms with Gasteiger partial charge >= 0.3 is 0 Å². The molecule has 1 aromatic carbocycles. The fourth-order valence-corrected chi connectivity index (χ4v) is 2.34. The largest absolute Gasteiger partial charge is 0.468 e. The van der Waals surface area contributed by atoms with Crippen LogP contribution in [0.1, 0.15) is 36.9 Å². The number of hydrogen-bond donors (Lipinski definition) is 1. The van der Waals surface area contributed by atoms with Crippen molar-refractivity contribution in [2.75, 3.05) is 20.4 Å². The molecular weight excluding hydrogens is 214 g/mol. The average molecular weight is 235 g/mol. The fourth-order valence-electron chi connectivity index (χ4n) is 2.34. The first kappa shape index (κ1) is 12.4. The molecule has 0 bridgehead atoms. The normalized spacial score (nSPS) is 18.1. The maximum Gasteiger partial charge on any atom is 0.188 e. The number of hydrogen-bond acceptors (Lipinski definition) is 3. The third-order valence-electron chi connectivity index (χ3n) is 3.18. The van der Waals surface area contributed by atoms with Gasteiger partial charge in [-0.3, -0.25) is 0 Å². The lowest BCUT2D eigenvalue weighted by Gasteiger charge is -2.13. The zero-order valence-corrected chi connectivity index (χ0v) is 10.7. The minimum Gasteiger partial charge on any atom is -0.468 e. The summed E-state index contributed by atoms with van der Waals surface area (Å²) in [6.07, 6.45) is 3.52. The summed E-state index contributed by atoms with van der Waals surface area (Å²) in [6, 6.07) is 6.88. The molecule has 17 heavy (non-hydrogen) atoms. The summed E-state index contributed by atoms with van der Waals surface area (Å²) < 4.78 is 10.4. The van der Waals surface area contributed by atoms with E-state index >= 15 is 0 Å². The van der Waals surface area contributed by atoms with E-state index in [2.05, 4.69) is 24.4 Å². The molecule has 0 saturated carbocycles. The van der Waals surface area contributed by atoms with Crippen LogP contribution < -0.4 is 10.1 Å². The van der Waals surface area contributed by atoms with Crippen LogP contribution in [0.3, 0.4) is 0 Å². The number of rotatable bonds is 6. The smallest absolute Gasteiger partial charge is 0.188 e. The molecule has 2 rings (SSSR count). The van der Waals surface area contributed by atoms with E-state index in [1.54, 1.807) is 7.11 Å². The zero-order valence-electron chi connectivity index (χ0n) is 10.7. The van der Waals surface area contributed by atoms with Crippen molar-refractivity contribution in [1.29, 1.82) is 0 Å². The van der Waals surface area contributed by atoms with Crippen LogP contribution in [-0.2, 0) is 11.2 Å². The summed E-state index contributed by atoms with van der Waals surface area (Å²) in [5, 5.41) is 3.58. The first-order valence-electron chi connectivity index (χ1n) is 6.33. The summed E-state index contributed by atoms with van der Waals surface area (Å²) >= 11 is 0. The predicted molar refractivity (Wildman–Crippen MR) is 68.3 cm³/mol. The molecule has 94 valence electrons. The summed E-state index contributed by atoms with van der Waals surface area (Å²) in [5.74, 6) is 0.904. The summed E-state index contributed by atoms with van der Waals surface area (Å²) in [7, 11) is 1.64. The van der Waals surface area contributed by atoms with Crippen molar-refractivity contribution >= 4 is 0 Å². The minimum absolute atomic E-state index is 0.316. The van der Waals surface area contributed by atoms with Crippen molar-refractivity contribution in [3.63, 3.8) is 0 Å². The van der Waals surface area contributed by atoms with Crippen LogP contribution in [0.4, 0.5) is 0 Å². The second kappa shape index (κ2) is 6.03. The van der Waals surface area contributed by atoms with Crippen LogP contribution >= 0.6 is 0 Å². The second-order valence-corrected chi connectivity index (χ2v) is 4.46. The van der Waals surface area contributed by atoms with E-state index < -0.39 is 0 Å². The van der Waals surface area contributed by atoms with Crippen LogP contribution in [0.5, 0.6) is 5.75 Å². The van der Waals surface area contributed by atoms with E-state index in [1.165, 1.54) is 24.0 Å². The maximum atomic E-state index is 5.45. The van der Waals surface area contributed by atoms with Gasteiger partial charge in [0.1, 0.15) is 5.75 Å². The zero-order chi connectivity index (χ0) is 12.1. The van der Waals surface area contributed by atoms with Crippen LogP contribution in [0.25, 0.3) is 0 Å². The third kappa shape index (κ3) is 2.99. The van der Waals surface area contributed by atoms with Gasteiger partial charge in [-0.15, -0.1) is 0 Å². The van der Waals surface area contributed by atoms with Crippen molar-refractivity contribution in [3.8, 4) is 5.75 Å². The molecule has 0 aliphatic heterocycles. The molecule has 0 spiro atoms. The van der Waals surface area contributed by atoms with Crippen molar-refractivity contribution in [2.45, 2.75) is 32.2 Å². The van der Waals surface area contributed by atoms with Gasteiger partial charge in [-0.05, 0) is 49.1 Å². The highest BCUT2D eigenvalue weighted by Crippen LogP contribution is 2.33. The van der Waals surface area contributed by atoms with Crippen molar-refractivity contribution in [1.82, 2.24) is 5.32 Å². The topological polar surface area (TPSA) is 30.5 Å². The first-order chi connectivity index (χ1) is 8.35. The lowest BCUT2D eigenvalue weighted by Crippen LogP contribution is -2.19. The van der Waals surface area contributed by atoms with Gasteiger partial charge in [0.2, 0.25) is 0 Å². The van der Waals surface area contributed by atoms with Crippen LogP contribution in [0, 0.1) is 0 Å². The number of ether oxygens (including phenoxy) is 2. The van der Waals surface area contributed by atoms with E-state index in [0.29, 0.717) is 12.8 Å². The van der Waals surface area contributed by atoms with E-state index in [4.69, 9.17) is 9.47 Å². The number of benzene rings is 1. The predicted octanol–water partition coefficient (Wildman–Crippen LogP) is 2.66. The fraction of sp³-hybridized carbons (Fsp3) is 0.571. The standard InChI is InChI=1S/C14H21NO2/c1-3-8-15-14-7-4-11-9-12(17-10-16-2)5-6-13(11)14/h5-6,9,14-15H,3-4,7-8,10H2,1-2H3. The Labute approximate surface area is 103 Å². The number of aryl methyl sites for hydroxylation is 1. The molecule has 1 aliphatic rings. The quantitative estimate of drug-likeness (QED) is 0.769. The molecule has 0 heterocycles. The van der Waals surface area contributed by atoms with Gasteiger partial charge in [0, 0.05) is 13.2 Å². The second-order valence-electron chi connectivity index (χ2n) is 4.46. The molecule has 3 nitrogen and oxygen atoms in total. The van der Waals surface area contributed by atoms with E-state index in [9.17, 15) is 0 Å². The Hall–Kier alpha value is -1.06. The van der Waals surface area contributed by atoms with E-state index in [1.807, 2.05) is 6.07 Å². The lowest BCUT2D eigenvalue weighted by molar-refractivity contribution is 0.0511. The lowest BCUT2D eigenvalue weighted by atomic mass is 10.1. The molecule has 3 heteroatoms. The Morgan fingerprint density at radius 2 is 2.29 bits per heavy atom. The van der Waals surface area contributed by atoms with Gasteiger partial charge in [-0.1, -0.05) is 13.0 Å². The van der Waals surface area contributed by atoms with Crippen LogP contribution in [0.2, 0.25) is 0 Å². The number of methoxy groups -OCH3 is 1. The minimum atomic E-state index is 0.316. The van der Waals surface area contributed by atoms with Crippen molar-refractivity contribution < 1.29 is 9.47 Å². The van der Waals surface area contributed by atoms with Crippen molar-refractivity contribution in [3.05, 3.63) is 29.3 Å². The SMILES string of the molecule is CCCNC1CCc2cc(OCOC)ccc21. The Morgan fingerprint density at radius 1 is 1.41 bits per heavy atom. The Balaban J connectivity index is 2.03. The van der Waals surface area contributed by atoms with Gasteiger partial charge in [0.15, 0.2) is 6.79 Å². The average Bonchev–Trinajstić information content (AvgIpc) is 2.76. The third-order valence-corrected chi connectivity index (χ3v) is 3.18. The van der Waals surface area contributed by atoms with Crippen LogP contribution in [0.15, 0.2) is 18.2 Å². The Morgan fingerprint density at radius 3 is 3.06 bits per heavy atom. The Bertz CT molecular complexity index is 365. The molecule has 0 radical (unpaired) electrons. The maximum absolute atomic E-state index is 5.45. The monoisotopic (exact) mass is 235 g/mol. The highest BCUT2D eigenvalue weighted by atomic mass is 16.7. The van der Waals surface area contributed by atoms with Gasteiger partial charge in [0.05, 0.1) is 0 Å². The van der Waals surface area contributed by atoms with E-state index in [0.717, 1.165) is 18.7 Å². The molecule has 1 aliphatic carbocycles.